The molecule has 3 atom stereocenters. The molecule has 1 aliphatic rings. The lowest BCUT2D eigenvalue weighted by atomic mass is 9.93. The zero-order valence-electron chi connectivity index (χ0n) is 7.25. The summed E-state index contributed by atoms with van der Waals surface area (Å²) in [5, 5.41) is 0. The van der Waals surface area contributed by atoms with Crippen molar-refractivity contribution in [3.05, 3.63) is 0 Å². The number of hydrogen-bond donors (Lipinski definition) is 0. The number of aldehydes is 1. The predicted octanol–water partition coefficient (Wildman–Crippen LogP) is 1.64. The van der Waals surface area contributed by atoms with Gasteiger partial charge in [0.15, 0.2) is 0 Å². The van der Waals surface area contributed by atoms with Crippen molar-refractivity contribution in [2.24, 2.45) is 11.8 Å². The van der Waals surface area contributed by atoms with Gasteiger partial charge >= 0.3 is 0 Å². The van der Waals surface area contributed by atoms with Crippen molar-refractivity contribution in [1.82, 2.24) is 0 Å². The van der Waals surface area contributed by atoms with Gasteiger partial charge in [-0.05, 0) is 18.8 Å². The fourth-order valence-corrected chi connectivity index (χ4v) is 1.33. The minimum absolute atomic E-state index is 0.245. The van der Waals surface area contributed by atoms with E-state index in [2.05, 4.69) is 13.8 Å². The van der Waals surface area contributed by atoms with Crippen molar-refractivity contribution in [2.75, 3.05) is 6.61 Å². The van der Waals surface area contributed by atoms with Gasteiger partial charge in [0.2, 0.25) is 0 Å². The van der Waals surface area contributed by atoms with Gasteiger partial charge < -0.3 is 9.53 Å². The van der Waals surface area contributed by atoms with Gasteiger partial charge in [-0.2, -0.15) is 0 Å². The molecule has 0 aromatic carbocycles. The Bertz CT molecular complexity index is 130. The van der Waals surface area contributed by atoms with E-state index in [1.165, 1.54) is 0 Å². The zero-order chi connectivity index (χ0) is 8.27. The van der Waals surface area contributed by atoms with Crippen LogP contribution in [0.25, 0.3) is 0 Å². The maximum Gasteiger partial charge on any atom is 0.123 e. The first kappa shape index (κ1) is 8.72. The molecule has 1 saturated heterocycles. The van der Waals surface area contributed by atoms with Crippen LogP contribution in [0, 0.1) is 11.8 Å². The van der Waals surface area contributed by atoms with Crippen LogP contribution in [0.4, 0.5) is 0 Å². The summed E-state index contributed by atoms with van der Waals surface area (Å²) in [6.07, 6.45) is 3.47. The van der Waals surface area contributed by atoms with E-state index in [1.807, 2.05) is 0 Å². The summed E-state index contributed by atoms with van der Waals surface area (Å²) < 4.78 is 5.14. The lowest BCUT2D eigenvalue weighted by Gasteiger charge is -2.11. The monoisotopic (exact) mass is 156 g/mol. The van der Waals surface area contributed by atoms with Gasteiger partial charge in [-0.25, -0.2) is 0 Å². The van der Waals surface area contributed by atoms with Gasteiger partial charge in [-0.1, -0.05) is 13.8 Å². The first-order valence-corrected chi connectivity index (χ1v) is 4.34. The summed E-state index contributed by atoms with van der Waals surface area (Å²) >= 11 is 0. The van der Waals surface area contributed by atoms with Crippen molar-refractivity contribution in [2.45, 2.75) is 32.8 Å². The molecule has 0 aromatic heterocycles. The first-order valence-electron chi connectivity index (χ1n) is 4.34. The average molecular weight is 156 g/mol. The van der Waals surface area contributed by atoms with Gasteiger partial charge in [0.05, 0.1) is 12.7 Å². The van der Waals surface area contributed by atoms with Crippen LogP contribution in [0.5, 0.6) is 0 Å². The van der Waals surface area contributed by atoms with Gasteiger partial charge in [0.1, 0.15) is 6.29 Å². The molecular weight excluding hydrogens is 140 g/mol. The second kappa shape index (κ2) is 3.86. The van der Waals surface area contributed by atoms with Gasteiger partial charge in [-0.3, -0.25) is 0 Å². The third-order valence-corrected chi connectivity index (χ3v) is 2.39. The standard InChI is InChI=1S/C9H16O2/c1-3-8(5-10)4-7(2)9-6-11-9/h5,7-9H,3-4,6H2,1-2H3. The van der Waals surface area contributed by atoms with Gasteiger partial charge in [-0.15, -0.1) is 0 Å². The van der Waals surface area contributed by atoms with Gasteiger partial charge in [0, 0.05) is 5.92 Å². The second-order valence-electron chi connectivity index (χ2n) is 3.39. The molecule has 64 valence electrons. The van der Waals surface area contributed by atoms with E-state index in [0.717, 1.165) is 25.7 Å². The maximum absolute atomic E-state index is 10.5. The molecule has 0 radical (unpaired) electrons. The molecular formula is C9H16O2. The Morgan fingerprint density at radius 2 is 2.36 bits per heavy atom. The Labute approximate surface area is 67.9 Å². The number of carbonyl (C=O) groups is 1. The molecule has 1 heterocycles. The Kier molecular flexibility index (Phi) is 3.06. The lowest BCUT2D eigenvalue weighted by Crippen LogP contribution is -2.11. The normalized spacial score (nSPS) is 27.6. The molecule has 1 aliphatic heterocycles. The summed E-state index contributed by atoms with van der Waals surface area (Å²) in [6.45, 7) is 5.11. The molecule has 2 nitrogen and oxygen atoms in total. The summed E-state index contributed by atoms with van der Waals surface area (Å²) in [6, 6.07) is 0. The molecule has 0 aromatic rings. The average Bonchev–Trinajstić information content (AvgIpc) is 2.81. The first-order chi connectivity index (χ1) is 5.27. The predicted molar refractivity (Wildman–Crippen MR) is 43.4 cm³/mol. The van der Waals surface area contributed by atoms with E-state index in [0.29, 0.717) is 12.0 Å². The van der Waals surface area contributed by atoms with Crippen molar-refractivity contribution in [3.8, 4) is 0 Å². The number of ether oxygens (including phenoxy) is 1. The number of carbonyl (C=O) groups excluding carboxylic acids is 1. The lowest BCUT2D eigenvalue weighted by molar-refractivity contribution is -0.111. The highest BCUT2D eigenvalue weighted by Gasteiger charge is 2.30. The van der Waals surface area contributed by atoms with Crippen LogP contribution in [-0.4, -0.2) is 19.0 Å². The van der Waals surface area contributed by atoms with Crippen LogP contribution >= 0.6 is 0 Å². The third kappa shape index (κ3) is 2.62. The molecule has 0 bridgehead atoms. The molecule has 1 fully saturated rings. The smallest absolute Gasteiger partial charge is 0.123 e. The molecule has 2 heteroatoms. The van der Waals surface area contributed by atoms with Crippen LogP contribution in [0.15, 0.2) is 0 Å². The highest BCUT2D eigenvalue weighted by molar-refractivity contribution is 5.53. The molecule has 3 unspecified atom stereocenters. The van der Waals surface area contributed by atoms with Gasteiger partial charge in [0.25, 0.3) is 0 Å². The van der Waals surface area contributed by atoms with Crippen LogP contribution in [-0.2, 0) is 9.53 Å². The van der Waals surface area contributed by atoms with Crippen LogP contribution < -0.4 is 0 Å². The number of epoxide rings is 1. The minimum atomic E-state index is 0.245. The Balaban J connectivity index is 2.20. The van der Waals surface area contributed by atoms with Crippen molar-refractivity contribution in [3.63, 3.8) is 0 Å². The van der Waals surface area contributed by atoms with E-state index in [-0.39, 0.29) is 5.92 Å². The van der Waals surface area contributed by atoms with Crippen LogP contribution in [0.1, 0.15) is 26.7 Å². The van der Waals surface area contributed by atoms with E-state index in [1.54, 1.807) is 0 Å². The molecule has 0 aliphatic carbocycles. The third-order valence-electron chi connectivity index (χ3n) is 2.39. The molecule has 0 saturated carbocycles. The minimum Gasteiger partial charge on any atom is -0.373 e. The van der Waals surface area contributed by atoms with E-state index >= 15 is 0 Å². The Morgan fingerprint density at radius 1 is 1.73 bits per heavy atom. The maximum atomic E-state index is 10.5. The molecule has 0 amide bonds. The highest BCUT2D eigenvalue weighted by atomic mass is 16.6. The second-order valence-corrected chi connectivity index (χ2v) is 3.39. The van der Waals surface area contributed by atoms with Crippen LogP contribution in [0.2, 0.25) is 0 Å². The summed E-state index contributed by atoms with van der Waals surface area (Å²) in [4.78, 5) is 10.5. The largest absolute Gasteiger partial charge is 0.373 e. The van der Waals surface area contributed by atoms with Crippen molar-refractivity contribution < 1.29 is 9.53 Å². The van der Waals surface area contributed by atoms with E-state index in [9.17, 15) is 4.79 Å². The Morgan fingerprint density at radius 3 is 2.73 bits per heavy atom. The Hall–Kier alpha value is -0.370. The molecule has 0 spiro atoms. The molecule has 11 heavy (non-hydrogen) atoms. The summed E-state index contributed by atoms with van der Waals surface area (Å²) in [5.41, 5.74) is 0. The van der Waals surface area contributed by atoms with E-state index < -0.39 is 0 Å². The quantitative estimate of drug-likeness (QED) is 0.447. The fraction of sp³-hybridized carbons (Fsp3) is 0.889. The SMILES string of the molecule is CCC(C=O)CC(C)C1CO1. The van der Waals surface area contributed by atoms with Crippen molar-refractivity contribution in [1.29, 1.82) is 0 Å². The molecule has 1 rings (SSSR count). The van der Waals surface area contributed by atoms with Crippen LogP contribution in [0.3, 0.4) is 0 Å². The highest BCUT2D eigenvalue weighted by Crippen LogP contribution is 2.25. The number of rotatable bonds is 5. The summed E-state index contributed by atoms with van der Waals surface area (Å²) in [7, 11) is 0. The fourth-order valence-electron chi connectivity index (χ4n) is 1.33. The molecule has 0 N–H and O–H groups in total. The topological polar surface area (TPSA) is 29.6 Å². The summed E-state index contributed by atoms with van der Waals surface area (Å²) in [5.74, 6) is 0.805. The van der Waals surface area contributed by atoms with Crippen molar-refractivity contribution >= 4 is 6.29 Å². The zero-order valence-corrected chi connectivity index (χ0v) is 7.25. The number of hydrogen-bond acceptors (Lipinski definition) is 2. The van der Waals surface area contributed by atoms with E-state index in [4.69, 9.17) is 4.74 Å².